The van der Waals surface area contributed by atoms with Gasteiger partial charge in [0.15, 0.2) is 0 Å². The molecule has 0 bridgehead atoms. The Labute approximate surface area is 42.9 Å². The number of halogens is 1. The van der Waals surface area contributed by atoms with Crippen molar-refractivity contribution in [1.82, 2.24) is 0 Å². The molecule has 1 radical (unpaired) electrons. The summed E-state index contributed by atoms with van der Waals surface area (Å²) < 4.78 is 0. The molecule has 0 aliphatic rings. The zero-order valence-corrected chi connectivity index (χ0v) is 4.44. The van der Waals surface area contributed by atoms with Gasteiger partial charge in [-0.25, -0.2) is 0 Å². The van der Waals surface area contributed by atoms with Gasteiger partial charge in [-0.2, -0.15) is 0 Å². The third-order valence-corrected chi connectivity index (χ3v) is 0.821. The van der Waals surface area contributed by atoms with E-state index in [0.717, 1.165) is 0 Å². The number of aliphatic hydroxyl groups is 1. The minimum Gasteiger partial charge on any atom is -0.392 e. The van der Waals surface area contributed by atoms with Gasteiger partial charge in [0.05, 0.1) is 11.5 Å². The highest BCUT2D eigenvalue weighted by Crippen LogP contribution is 1.97. The number of rotatable bonds is 1. The second-order valence-electron chi connectivity index (χ2n) is 1.24. The third-order valence-electron chi connectivity index (χ3n) is 0.530. The van der Waals surface area contributed by atoms with Crippen LogP contribution < -0.4 is 0 Å². The standard InChI is InChI=1S/C4H8ClO/c1-3(5)4(2)6/h3-4,6H,2H2,1H3. The Bertz CT molecular complexity index is 28.5. The Kier molecular flexibility index (Phi) is 2.53. The molecular weight excluding hydrogens is 99.5 g/mol. The molecule has 0 aromatic carbocycles. The predicted molar refractivity (Wildman–Crippen MR) is 26.7 cm³/mol. The van der Waals surface area contributed by atoms with Crippen LogP contribution in [0.25, 0.3) is 0 Å². The molecule has 0 heterocycles. The lowest BCUT2D eigenvalue weighted by Crippen LogP contribution is -2.11. The molecule has 0 rings (SSSR count). The Morgan fingerprint density at radius 2 is 2.00 bits per heavy atom. The molecule has 0 aromatic rings. The summed E-state index contributed by atoms with van der Waals surface area (Å²) in [6, 6.07) is 0. The van der Waals surface area contributed by atoms with Crippen LogP contribution in [-0.4, -0.2) is 16.6 Å². The first kappa shape index (κ1) is 6.25. The number of alkyl halides is 1. The normalized spacial score (nSPS) is 20.0. The van der Waals surface area contributed by atoms with Crippen LogP contribution in [0.5, 0.6) is 0 Å². The number of aliphatic hydroxyl groups excluding tert-OH is 1. The minimum atomic E-state index is -0.633. The van der Waals surface area contributed by atoms with Crippen LogP contribution in [0.3, 0.4) is 0 Å². The quantitative estimate of drug-likeness (QED) is 0.492. The van der Waals surface area contributed by atoms with E-state index in [1.165, 1.54) is 0 Å². The molecule has 0 saturated carbocycles. The van der Waals surface area contributed by atoms with E-state index >= 15 is 0 Å². The minimum absolute atomic E-state index is 0.231. The fourth-order valence-corrected chi connectivity index (χ4v) is 0. The van der Waals surface area contributed by atoms with Gasteiger partial charge in [0.1, 0.15) is 0 Å². The second-order valence-corrected chi connectivity index (χ2v) is 1.93. The molecule has 2 heteroatoms. The van der Waals surface area contributed by atoms with Gasteiger partial charge in [-0.1, -0.05) is 0 Å². The molecule has 0 fully saturated rings. The van der Waals surface area contributed by atoms with Crippen LogP contribution in [0.2, 0.25) is 0 Å². The molecule has 37 valence electrons. The summed E-state index contributed by atoms with van der Waals surface area (Å²) in [5.41, 5.74) is 0. The summed E-state index contributed by atoms with van der Waals surface area (Å²) in [5.74, 6) is 0. The Hall–Kier alpha value is 0.250. The maximum atomic E-state index is 8.39. The molecule has 0 saturated heterocycles. The van der Waals surface area contributed by atoms with Crippen molar-refractivity contribution >= 4 is 11.6 Å². The van der Waals surface area contributed by atoms with Crippen molar-refractivity contribution in [3.05, 3.63) is 6.92 Å². The van der Waals surface area contributed by atoms with E-state index in [1.807, 2.05) is 0 Å². The fraction of sp³-hybridized carbons (Fsp3) is 0.750. The molecule has 2 unspecified atom stereocenters. The van der Waals surface area contributed by atoms with Gasteiger partial charge in [0, 0.05) is 0 Å². The number of hydrogen-bond acceptors (Lipinski definition) is 1. The molecule has 1 N–H and O–H groups in total. The van der Waals surface area contributed by atoms with Crippen LogP contribution in [0.1, 0.15) is 6.92 Å². The van der Waals surface area contributed by atoms with E-state index in [-0.39, 0.29) is 5.38 Å². The zero-order valence-electron chi connectivity index (χ0n) is 3.69. The monoisotopic (exact) mass is 107 g/mol. The summed E-state index contributed by atoms with van der Waals surface area (Å²) in [6.07, 6.45) is -0.633. The van der Waals surface area contributed by atoms with Crippen LogP contribution in [0.4, 0.5) is 0 Å². The Morgan fingerprint density at radius 3 is 2.00 bits per heavy atom. The molecule has 0 spiro atoms. The van der Waals surface area contributed by atoms with Crippen molar-refractivity contribution in [3.63, 3.8) is 0 Å². The first-order chi connectivity index (χ1) is 2.64. The smallest absolute Gasteiger partial charge is 0.0702 e. The molecule has 0 aliphatic heterocycles. The average molecular weight is 108 g/mol. The van der Waals surface area contributed by atoms with Gasteiger partial charge in [0.25, 0.3) is 0 Å². The highest BCUT2D eigenvalue weighted by atomic mass is 35.5. The van der Waals surface area contributed by atoms with E-state index in [0.29, 0.717) is 0 Å². The first-order valence-corrected chi connectivity index (χ1v) is 2.23. The van der Waals surface area contributed by atoms with E-state index in [9.17, 15) is 0 Å². The zero-order chi connectivity index (χ0) is 5.15. The number of hydrogen-bond donors (Lipinski definition) is 1. The van der Waals surface area contributed by atoms with Crippen molar-refractivity contribution in [2.45, 2.75) is 18.4 Å². The van der Waals surface area contributed by atoms with Crippen molar-refractivity contribution in [1.29, 1.82) is 0 Å². The van der Waals surface area contributed by atoms with Gasteiger partial charge < -0.3 is 5.11 Å². The van der Waals surface area contributed by atoms with E-state index < -0.39 is 6.10 Å². The maximum Gasteiger partial charge on any atom is 0.0702 e. The van der Waals surface area contributed by atoms with E-state index in [2.05, 4.69) is 6.92 Å². The van der Waals surface area contributed by atoms with Gasteiger partial charge in [-0.05, 0) is 13.8 Å². The largest absolute Gasteiger partial charge is 0.392 e. The summed E-state index contributed by atoms with van der Waals surface area (Å²) in [5, 5.41) is 8.16. The van der Waals surface area contributed by atoms with E-state index in [4.69, 9.17) is 16.7 Å². The van der Waals surface area contributed by atoms with Gasteiger partial charge in [-0.3, -0.25) is 0 Å². The van der Waals surface area contributed by atoms with Crippen LogP contribution >= 0.6 is 11.6 Å². The maximum absolute atomic E-state index is 8.39. The lowest BCUT2D eigenvalue weighted by atomic mass is 10.3. The lowest BCUT2D eigenvalue weighted by molar-refractivity contribution is 0.220. The lowest BCUT2D eigenvalue weighted by Gasteiger charge is -2.01. The summed E-state index contributed by atoms with van der Waals surface area (Å²) in [6.45, 7) is 4.96. The average Bonchev–Trinajstić information content (AvgIpc) is 1.36. The van der Waals surface area contributed by atoms with Crippen molar-refractivity contribution < 1.29 is 5.11 Å². The van der Waals surface area contributed by atoms with Crippen LogP contribution in [0.15, 0.2) is 0 Å². The second kappa shape index (κ2) is 2.43. The van der Waals surface area contributed by atoms with Crippen LogP contribution in [0, 0.1) is 6.92 Å². The van der Waals surface area contributed by atoms with Gasteiger partial charge >= 0.3 is 0 Å². The van der Waals surface area contributed by atoms with Crippen molar-refractivity contribution in [3.8, 4) is 0 Å². The predicted octanol–water partition coefficient (Wildman–Crippen LogP) is 0.809. The van der Waals surface area contributed by atoms with Crippen molar-refractivity contribution in [2.24, 2.45) is 0 Å². The van der Waals surface area contributed by atoms with Crippen LogP contribution in [-0.2, 0) is 0 Å². The molecular formula is C4H8ClO. The van der Waals surface area contributed by atoms with E-state index in [1.54, 1.807) is 6.92 Å². The first-order valence-electron chi connectivity index (χ1n) is 1.80. The molecule has 1 nitrogen and oxygen atoms in total. The third kappa shape index (κ3) is 2.49. The summed E-state index contributed by atoms with van der Waals surface area (Å²) >= 11 is 5.30. The summed E-state index contributed by atoms with van der Waals surface area (Å²) in [7, 11) is 0. The fourth-order valence-electron chi connectivity index (χ4n) is 0. The van der Waals surface area contributed by atoms with Crippen molar-refractivity contribution in [2.75, 3.05) is 0 Å². The Morgan fingerprint density at radius 1 is 1.83 bits per heavy atom. The van der Waals surface area contributed by atoms with Gasteiger partial charge in [-0.15, -0.1) is 11.6 Å². The topological polar surface area (TPSA) is 20.2 Å². The highest BCUT2D eigenvalue weighted by Gasteiger charge is 2.00. The van der Waals surface area contributed by atoms with Gasteiger partial charge in [0.2, 0.25) is 0 Å². The molecule has 0 aliphatic carbocycles. The Balaban J connectivity index is 2.99. The molecule has 0 aromatic heterocycles. The molecule has 2 atom stereocenters. The highest BCUT2D eigenvalue weighted by molar-refractivity contribution is 6.20. The summed E-state index contributed by atoms with van der Waals surface area (Å²) in [4.78, 5) is 0. The molecule has 6 heavy (non-hydrogen) atoms. The SMILES string of the molecule is [CH2]C(O)C(C)Cl. The molecule has 0 amide bonds.